The summed E-state index contributed by atoms with van der Waals surface area (Å²) in [4.78, 5) is 6.00. The van der Waals surface area contributed by atoms with Gasteiger partial charge in [-0.05, 0) is 25.0 Å². The number of anilines is 1. The smallest absolute Gasteiger partial charge is 0.376 e. The van der Waals surface area contributed by atoms with Crippen LogP contribution in [0.4, 0.5) is 23.2 Å². The van der Waals surface area contributed by atoms with Crippen LogP contribution in [0.5, 0.6) is 0 Å². The van der Waals surface area contributed by atoms with E-state index < -0.39 is 40.5 Å². The number of hydrogen-bond donors (Lipinski definition) is 0. The lowest BCUT2D eigenvalue weighted by Gasteiger charge is -2.34. The van der Waals surface area contributed by atoms with Gasteiger partial charge in [0.05, 0.1) is 37.3 Å². The molecule has 0 saturated heterocycles. The van der Waals surface area contributed by atoms with Gasteiger partial charge < -0.3 is 14.2 Å². The molecule has 4 rings (SSSR count). The largest absolute Gasteiger partial charge is 0.511 e. The van der Waals surface area contributed by atoms with Gasteiger partial charge in [0.15, 0.2) is 0 Å². The van der Waals surface area contributed by atoms with Crippen LogP contribution in [0, 0.1) is 5.82 Å². The SMILES string of the molecule is Cn1cnc(CN2c3cccc(F)c3CN(S(=O)(=O)C(F)(F)F)CC2COC2CCCC2)c1. The molecular weight excluding hydrogens is 464 g/mol. The molecule has 0 radical (unpaired) electrons. The van der Waals surface area contributed by atoms with E-state index >= 15 is 0 Å². The van der Waals surface area contributed by atoms with Crippen molar-refractivity contribution in [1.82, 2.24) is 13.9 Å². The van der Waals surface area contributed by atoms with Gasteiger partial charge in [-0.1, -0.05) is 18.9 Å². The van der Waals surface area contributed by atoms with Gasteiger partial charge in [0.25, 0.3) is 0 Å². The quantitative estimate of drug-likeness (QED) is 0.580. The van der Waals surface area contributed by atoms with E-state index in [1.807, 2.05) is 0 Å². The van der Waals surface area contributed by atoms with Crippen LogP contribution in [-0.2, 0) is 34.9 Å². The molecule has 0 spiro atoms. The van der Waals surface area contributed by atoms with Gasteiger partial charge in [0, 0.05) is 37.6 Å². The number of alkyl halides is 3. The van der Waals surface area contributed by atoms with Crippen LogP contribution >= 0.6 is 0 Å². The Kier molecular flexibility index (Phi) is 6.70. The Morgan fingerprint density at radius 1 is 1.21 bits per heavy atom. The molecule has 1 aromatic heterocycles. The number of imidazole rings is 1. The Hall–Kier alpha value is -2.18. The third-order valence-corrected chi connectivity index (χ3v) is 7.69. The van der Waals surface area contributed by atoms with Gasteiger partial charge in [-0.15, -0.1) is 0 Å². The number of benzene rings is 1. The Morgan fingerprint density at radius 3 is 2.58 bits per heavy atom. The van der Waals surface area contributed by atoms with Gasteiger partial charge in [-0.25, -0.2) is 17.8 Å². The summed E-state index contributed by atoms with van der Waals surface area (Å²) in [5, 5.41) is 0. The van der Waals surface area contributed by atoms with E-state index in [9.17, 15) is 26.0 Å². The molecule has 1 saturated carbocycles. The van der Waals surface area contributed by atoms with Gasteiger partial charge >= 0.3 is 15.5 Å². The fraction of sp³-hybridized carbons (Fsp3) is 0.571. The Bertz CT molecular complexity index is 1080. The van der Waals surface area contributed by atoms with E-state index in [4.69, 9.17) is 4.74 Å². The summed E-state index contributed by atoms with van der Waals surface area (Å²) < 4.78 is 87.9. The van der Waals surface area contributed by atoms with Gasteiger partial charge in [0.1, 0.15) is 5.82 Å². The van der Waals surface area contributed by atoms with E-state index in [1.165, 1.54) is 6.07 Å². The lowest BCUT2D eigenvalue weighted by molar-refractivity contribution is -0.0496. The van der Waals surface area contributed by atoms with Crippen molar-refractivity contribution in [2.75, 3.05) is 18.1 Å². The average molecular weight is 491 g/mol. The molecule has 33 heavy (non-hydrogen) atoms. The summed E-state index contributed by atoms with van der Waals surface area (Å²) in [6, 6.07) is 3.40. The minimum atomic E-state index is -5.68. The second-order valence-corrected chi connectivity index (χ2v) is 10.5. The van der Waals surface area contributed by atoms with Gasteiger partial charge in [-0.2, -0.15) is 17.5 Å². The first kappa shape index (κ1) is 24.0. The zero-order chi connectivity index (χ0) is 23.8. The van der Waals surface area contributed by atoms with E-state index in [2.05, 4.69) is 4.98 Å². The highest BCUT2D eigenvalue weighted by atomic mass is 32.2. The van der Waals surface area contributed by atoms with Crippen LogP contribution < -0.4 is 4.90 Å². The molecule has 1 fully saturated rings. The molecule has 2 aromatic rings. The molecule has 1 aliphatic carbocycles. The Labute approximate surface area is 190 Å². The van der Waals surface area contributed by atoms with E-state index in [1.54, 1.807) is 35.1 Å². The lowest BCUT2D eigenvalue weighted by Crippen LogP contribution is -2.49. The molecule has 1 unspecified atom stereocenters. The summed E-state index contributed by atoms with van der Waals surface area (Å²) >= 11 is 0. The van der Waals surface area contributed by atoms with Crippen LogP contribution in [0.2, 0.25) is 0 Å². The monoisotopic (exact) mass is 490 g/mol. The first-order valence-corrected chi connectivity index (χ1v) is 12.2. The van der Waals surface area contributed by atoms with E-state index in [0.29, 0.717) is 15.7 Å². The number of aromatic nitrogens is 2. The number of sulfonamides is 1. The number of nitrogens with zero attached hydrogens (tertiary/aromatic N) is 4. The van der Waals surface area contributed by atoms with Crippen LogP contribution in [0.1, 0.15) is 36.9 Å². The Balaban J connectivity index is 1.75. The molecule has 7 nitrogen and oxygen atoms in total. The molecule has 2 aliphatic rings. The van der Waals surface area contributed by atoms with Crippen LogP contribution in [0.15, 0.2) is 30.7 Å². The highest BCUT2D eigenvalue weighted by molar-refractivity contribution is 7.89. The number of fused-ring (bicyclic) bond motifs is 1. The highest BCUT2D eigenvalue weighted by Crippen LogP contribution is 2.36. The van der Waals surface area contributed by atoms with Crippen molar-refractivity contribution in [2.24, 2.45) is 7.05 Å². The second kappa shape index (κ2) is 9.22. The highest BCUT2D eigenvalue weighted by Gasteiger charge is 2.51. The maximum absolute atomic E-state index is 14.8. The fourth-order valence-electron chi connectivity index (χ4n) is 4.46. The molecular formula is C21H26F4N4O3S. The van der Waals surface area contributed by atoms with Crippen LogP contribution in [0.25, 0.3) is 0 Å². The van der Waals surface area contributed by atoms with Crippen LogP contribution in [-0.4, -0.2) is 53.1 Å². The minimum absolute atomic E-state index is 0.0112. The molecule has 1 aliphatic heterocycles. The molecule has 2 heterocycles. The predicted octanol–water partition coefficient (Wildman–Crippen LogP) is 3.56. The minimum Gasteiger partial charge on any atom is -0.376 e. The number of aryl methyl sites for hydroxylation is 1. The molecule has 1 aromatic carbocycles. The predicted molar refractivity (Wildman–Crippen MR) is 113 cm³/mol. The molecule has 182 valence electrons. The fourth-order valence-corrected chi connectivity index (χ4v) is 5.42. The van der Waals surface area contributed by atoms with Crippen molar-refractivity contribution in [3.05, 3.63) is 47.8 Å². The summed E-state index contributed by atoms with van der Waals surface area (Å²) in [6.45, 7) is -1.04. The molecule has 1 atom stereocenters. The summed E-state index contributed by atoms with van der Waals surface area (Å²) in [5.41, 5.74) is -4.65. The number of hydrogen-bond acceptors (Lipinski definition) is 5. The van der Waals surface area contributed by atoms with Crippen molar-refractivity contribution < 1.29 is 30.7 Å². The first-order valence-electron chi connectivity index (χ1n) is 10.7. The Morgan fingerprint density at radius 2 is 1.94 bits per heavy atom. The molecule has 12 heteroatoms. The van der Waals surface area contributed by atoms with Crippen molar-refractivity contribution in [1.29, 1.82) is 0 Å². The normalized spacial score (nSPS) is 20.8. The first-order chi connectivity index (χ1) is 15.6. The third kappa shape index (κ3) is 5.02. The summed E-state index contributed by atoms with van der Waals surface area (Å²) in [5.74, 6) is -0.766. The van der Waals surface area contributed by atoms with Gasteiger partial charge in [-0.3, -0.25) is 0 Å². The van der Waals surface area contributed by atoms with E-state index in [0.717, 1.165) is 31.7 Å². The third-order valence-electron chi connectivity index (χ3n) is 6.14. The number of rotatable bonds is 6. The maximum atomic E-state index is 14.8. The van der Waals surface area contributed by atoms with Crippen molar-refractivity contribution >= 4 is 15.7 Å². The standard InChI is InChI=1S/C21H26F4N4O3S/c1-27-9-15(26-14-27)10-29-16(13-32-17-5-2-3-6-17)11-28(33(30,31)21(23,24)25)12-18-19(22)7-4-8-20(18)29/h4,7-9,14,16-17H,2-3,5-6,10-13H2,1H3. The lowest BCUT2D eigenvalue weighted by atomic mass is 10.1. The topological polar surface area (TPSA) is 67.7 Å². The van der Waals surface area contributed by atoms with E-state index in [-0.39, 0.29) is 24.8 Å². The van der Waals surface area contributed by atoms with Crippen molar-refractivity contribution in [2.45, 2.75) is 56.4 Å². The molecule has 0 bridgehead atoms. The molecule has 0 N–H and O–H groups in total. The zero-order valence-corrected chi connectivity index (χ0v) is 18.9. The van der Waals surface area contributed by atoms with Crippen LogP contribution in [0.3, 0.4) is 0 Å². The average Bonchev–Trinajstić information content (AvgIpc) is 3.37. The second-order valence-electron chi connectivity index (χ2n) is 8.53. The molecule has 0 amide bonds. The zero-order valence-electron chi connectivity index (χ0n) is 18.1. The maximum Gasteiger partial charge on any atom is 0.511 e. The number of ether oxygens (including phenoxy) is 1. The van der Waals surface area contributed by atoms with Crippen molar-refractivity contribution in [3.8, 4) is 0 Å². The summed E-state index contributed by atoms with van der Waals surface area (Å²) in [6.07, 6.45) is 7.04. The van der Waals surface area contributed by atoms with Crippen molar-refractivity contribution in [3.63, 3.8) is 0 Å². The number of halogens is 4. The summed E-state index contributed by atoms with van der Waals surface area (Å²) in [7, 11) is -3.90. The van der Waals surface area contributed by atoms with Gasteiger partial charge in [0.2, 0.25) is 0 Å².